The maximum Gasteiger partial charge on any atom is 0.0897 e. The molecule has 1 heterocycles. The van der Waals surface area contributed by atoms with Crippen LogP contribution in [0, 0.1) is 6.92 Å². The molecule has 0 unspecified atom stereocenters. The van der Waals surface area contributed by atoms with Gasteiger partial charge in [0.05, 0.1) is 11.9 Å². The van der Waals surface area contributed by atoms with Gasteiger partial charge in [-0.1, -0.05) is 4.85 Å². The lowest BCUT2D eigenvalue weighted by Crippen LogP contribution is -1.88. The van der Waals surface area contributed by atoms with Crippen molar-refractivity contribution in [3.63, 3.8) is 0 Å². The molecule has 0 radical (unpaired) electrons. The molecule has 0 bridgehead atoms. The third-order valence-electron chi connectivity index (χ3n) is 0.596. The van der Waals surface area contributed by atoms with Gasteiger partial charge < -0.3 is 5.21 Å². The molecular formula is C3H5N3O. The summed E-state index contributed by atoms with van der Waals surface area (Å²) in [4.78, 5) is 0.676. The van der Waals surface area contributed by atoms with Crippen LogP contribution in [0.25, 0.3) is 0 Å². The fourth-order valence-electron chi connectivity index (χ4n) is 0.335. The molecule has 0 fully saturated rings. The van der Waals surface area contributed by atoms with E-state index in [1.807, 2.05) is 0 Å². The first-order chi connectivity index (χ1) is 3.29. The maximum atomic E-state index is 8.40. The highest BCUT2D eigenvalue weighted by Gasteiger charge is 1.86. The Morgan fingerprint density at radius 1 is 1.86 bits per heavy atom. The SMILES string of the molecule is Cc1cn(O)nn1. The lowest BCUT2D eigenvalue weighted by molar-refractivity contribution is 0.143. The van der Waals surface area contributed by atoms with E-state index >= 15 is 0 Å². The maximum absolute atomic E-state index is 8.40. The molecule has 1 aromatic rings. The molecule has 0 atom stereocenters. The first kappa shape index (κ1) is 4.11. The molecule has 7 heavy (non-hydrogen) atoms. The van der Waals surface area contributed by atoms with E-state index in [0.717, 1.165) is 0 Å². The van der Waals surface area contributed by atoms with Crippen molar-refractivity contribution in [2.75, 3.05) is 0 Å². The minimum absolute atomic E-state index is 0.676. The second-order valence-electron chi connectivity index (χ2n) is 1.28. The van der Waals surface area contributed by atoms with Crippen molar-refractivity contribution in [1.82, 2.24) is 15.2 Å². The number of aromatic nitrogens is 3. The van der Waals surface area contributed by atoms with Gasteiger partial charge in [0.2, 0.25) is 0 Å². The highest BCUT2D eigenvalue weighted by atomic mass is 16.5. The Hall–Kier alpha value is -1.06. The Bertz CT molecular complexity index is 142. The van der Waals surface area contributed by atoms with E-state index in [2.05, 4.69) is 10.3 Å². The predicted octanol–water partition coefficient (Wildman–Crippen LogP) is -0.176. The summed E-state index contributed by atoms with van der Waals surface area (Å²) >= 11 is 0. The Kier molecular flexibility index (Phi) is 0.714. The van der Waals surface area contributed by atoms with E-state index in [-0.39, 0.29) is 0 Å². The summed E-state index contributed by atoms with van der Waals surface area (Å²) in [5.74, 6) is 0. The molecule has 4 heteroatoms. The summed E-state index contributed by atoms with van der Waals surface area (Å²) in [7, 11) is 0. The molecule has 0 amide bonds. The number of hydrogen-bond acceptors (Lipinski definition) is 3. The molecule has 38 valence electrons. The van der Waals surface area contributed by atoms with Crippen LogP contribution < -0.4 is 0 Å². The first-order valence-corrected chi connectivity index (χ1v) is 1.87. The van der Waals surface area contributed by atoms with Crippen LogP contribution in [0.4, 0.5) is 0 Å². The van der Waals surface area contributed by atoms with Crippen molar-refractivity contribution < 1.29 is 5.21 Å². The molecule has 4 nitrogen and oxygen atoms in total. The van der Waals surface area contributed by atoms with Crippen LogP contribution in [0.5, 0.6) is 0 Å². The zero-order chi connectivity index (χ0) is 5.28. The lowest BCUT2D eigenvalue weighted by atomic mass is 10.6. The second-order valence-corrected chi connectivity index (χ2v) is 1.28. The molecule has 0 aliphatic carbocycles. The first-order valence-electron chi connectivity index (χ1n) is 1.87. The normalized spacial score (nSPS) is 9.29. The molecule has 0 saturated heterocycles. The standard InChI is InChI=1S/C3H5N3O/c1-3-2-6(7)5-4-3/h2,7H,1H3. The summed E-state index contributed by atoms with van der Waals surface area (Å²) in [5.41, 5.74) is 0.711. The van der Waals surface area contributed by atoms with E-state index in [1.54, 1.807) is 6.92 Å². The van der Waals surface area contributed by atoms with Gasteiger partial charge in [-0.15, -0.1) is 5.10 Å². The number of aryl methyl sites for hydroxylation is 1. The third-order valence-corrected chi connectivity index (χ3v) is 0.596. The van der Waals surface area contributed by atoms with Gasteiger partial charge in [0.1, 0.15) is 0 Å². The Balaban J connectivity index is 3.04. The Morgan fingerprint density at radius 2 is 2.57 bits per heavy atom. The van der Waals surface area contributed by atoms with Crippen LogP contribution in [0.2, 0.25) is 0 Å². The topological polar surface area (TPSA) is 50.9 Å². The van der Waals surface area contributed by atoms with Gasteiger partial charge in [-0.05, 0) is 12.1 Å². The van der Waals surface area contributed by atoms with Crippen LogP contribution in [-0.4, -0.2) is 20.4 Å². The van der Waals surface area contributed by atoms with Crippen LogP contribution in [0.3, 0.4) is 0 Å². The molecule has 0 spiro atoms. The molecule has 1 aromatic heterocycles. The number of nitrogens with zero attached hydrogens (tertiary/aromatic N) is 3. The van der Waals surface area contributed by atoms with E-state index in [9.17, 15) is 0 Å². The minimum Gasteiger partial charge on any atom is -0.411 e. The van der Waals surface area contributed by atoms with E-state index in [1.165, 1.54) is 6.20 Å². The minimum atomic E-state index is 0.676. The van der Waals surface area contributed by atoms with Gasteiger partial charge in [-0.3, -0.25) is 0 Å². The Labute approximate surface area is 40.3 Å². The average Bonchev–Trinajstić information content (AvgIpc) is 1.87. The number of rotatable bonds is 0. The highest BCUT2D eigenvalue weighted by molar-refractivity contribution is 4.84. The molecule has 1 N–H and O–H groups in total. The van der Waals surface area contributed by atoms with Crippen LogP contribution >= 0.6 is 0 Å². The average molecular weight is 99.1 g/mol. The summed E-state index contributed by atoms with van der Waals surface area (Å²) in [5, 5.41) is 15.1. The predicted molar refractivity (Wildman–Crippen MR) is 21.9 cm³/mol. The summed E-state index contributed by atoms with van der Waals surface area (Å²) < 4.78 is 0. The van der Waals surface area contributed by atoms with Crippen molar-refractivity contribution in [3.8, 4) is 0 Å². The largest absolute Gasteiger partial charge is 0.411 e. The van der Waals surface area contributed by atoms with Crippen LogP contribution in [0.15, 0.2) is 6.20 Å². The molecule has 0 saturated carbocycles. The van der Waals surface area contributed by atoms with Crippen LogP contribution in [-0.2, 0) is 0 Å². The molecule has 0 aromatic carbocycles. The van der Waals surface area contributed by atoms with Crippen molar-refractivity contribution in [2.24, 2.45) is 0 Å². The van der Waals surface area contributed by atoms with Gasteiger partial charge in [-0.2, -0.15) is 0 Å². The second kappa shape index (κ2) is 1.22. The van der Waals surface area contributed by atoms with E-state index in [0.29, 0.717) is 10.5 Å². The van der Waals surface area contributed by atoms with Crippen molar-refractivity contribution in [1.29, 1.82) is 0 Å². The fourth-order valence-corrected chi connectivity index (χ4v) is 0.335. The summed E-state index contributed by atoms with van der Waals surface area (Å²) in [6.07, 6.45) is 1.42. The lowest BCUT2D eigenvalue weighted by Gasteiger charge is -1.74. The van der Waals surface area contributed by atoms with Crippen molar-refractivity contribution in [2.45, 2.75) is 6.92 Å². The fraction of sp³-hybridized carbons (Fsp3) is 0.333. The van der Waals surface area contributed by atoms with Gasteiger partial charge >= 0.3 is 0 Å². The smallest absolute Gasteiger partial charge is 0.0897 e. The van der Waals surface area contributed by atoms with Crippen molar-refractivity contribution in [3.05, 3.63) is 11.9 Å². The third kappa shape index (κ3) is 0.677. The van der Waals surface area contributed by atoms with Gasteiger partial charge in [0, 0.05) is 0 Å². The quantitative estimate of drug-likeness (QED) is 0.459. The van der Waals surface area contributed by atoms with Crippen LogP contribution in [0.1, 0.15) is 5.69 Å². The van der Waals surface area contributed by atoms with Crippen molar-refractivity contribution >= 4 is 0 Å². The molecule has 0 aliphatic heterocycles. The highest BCUT2D eigenvalue weighted by Crippen LogP contribution is 1.82. The zero-order valence-electron chi connectivity index (χ0n) is 3.87. The van der Waals surface area contributed by atoms with E-state index in [4.69, 9.17) is 5.21 Å². The molecule has 0 aliphatic rings. The molecule has 1 rings (SSSR count). The summed E-state index contributed by atoms with van der Waals surface area (Å²) in [6, 6.07) is 0. The van der Waals surface area contributed by atoms with Gasteiger partial charge in [-0.25, -0.2) is 0 Å². The van der Waals surface area contributed by atoms with Gasteiger partial charge in [0.25, 0.3) is 0 Å². The van der Waals surface area contributed by atoms with Gasteiger partial charge in [0.15, 0.2) is 0 Å². The number of hydrogen-bond donors (Lipinski definition) is 1. The summed E-state index contributed by atoms with van der Waals surface area (Å²) in [6.45, 7) is 1.75. The van der Waals surface area contributed by atoms with E-state index < -0.39 is 0 Å². The monoisotopic (exact) mass is 99.0 g/mol. The Morgan fingerprint density at radius 3 is 2.71 bits per heavy atom. The molecular weight excluding hydrogens is 94.1 g/mol. The zero-order valence-corrected chi connectivity index (χ0v) is 3.87.